The molecule has 16 heavy (non-hydrogen) atoms. The van der Waals surface area contributed by atoms with Crippen molar-refractivity contribution >= 4 is 17.6 Å². The third-order valence-electron chi connectivity index (χ3n) is 1.66. The van der Waals surface area contributed by atoms with Crippen LogP contribution in [0.2, 0.25) is 0 Å². The largest absolute Gasteiger partial charge is 0.455 e. The molecule has 1 heterocycles. The van der Waals surface area contributed by atoms with Crippen molar-refractivity contribution in [2.75, 3.05) is 0 Å². The number of ether oxygens (including phenoxy) is 1. The van der Waals surface area contributed by atoms with Crippen molar-refractivity contribution in [2.45, 2.75) is 31.9 Å². The molecule has 0 aliphatic carbocycles. The Morgan fingerprint density at radius 3 is 2.62 bits per heavy atom. The molecule has 1 unspecified atom stereocenters. The number of alkyl halides is 1. The van der Waals surface area contributed by atoms with Crippen LogP contribution in [0.15, 0.2) is 18.2 Å². The fraction of sp³-hybridized carbons (Fsp3) is 0.455. The van der Waals surface area contributed by atoms with E-state index in [1.807, 2.05) is 0 Å². The number of aromatic nitrogens is 1. The number of hydrogen-bond acceptors (Lipinski definition) is 4. The predicted molar refractivity (Wildman–Crippen MR) is 62.2 cm³/mol. The van der Waals surface area contributed by atoms with E-state index in [1.54, 1.807) is 39.0 Å². The van der Waals surface area contributed by atoms with Crippen LogP contribution in [-0.2, 0) is 4.74 Å². The summed E-state index contributed by atoms with van der Waals surface area (Å²) in [6.07, 6.45) is 0. The molecule has 0 bridgehead atoms. The Hall–Kier alpha value is -1.13. The summed E-state index contributed by atoms with van der Waals surface area (Å²) >= 11 is 5.68. The molecule has 0 aliphatic heterocycles. The van der Waals surface area contributed by atoms with Crippen LogP contribution in [0.3, 0.4) is 0 Å². The second kappa shape index (κ2) is 4.80. The fourth-order valence-corrected chi connectivity index (χ4v) is 1.17. The lowest BCUT2D eigenvalue weighted by molar-refractivity contribution is 0.00626. The molecule has 0 spiro atoms. The monoisotopic (exact) mass is 242 g/mol. The molecule has 0 amide bonds. The number of carbonyl (C=O) groups is 1. The maximum absolute atomic E-state index is 11.7. The number of rotatable bonds is 2. The van der Waals surface area contributed by atoms with Crippen LogP contribution in [0.1, 0.15) is 42.5 Å². The lowest BCUT2D eigenvalue weighted by Crippen LogP contribution is -2.24. The average molecular weight is 243 g/mol. The van der Waals surface area contributed by atoms with E-state index in [9.17, 15) is 4.79 Å². The minimum atomic E-state index is -0.720. The Morgan fingerprint density at radius 1 is 1.50 bits per heavy atom. The van der Waals surface area contributed by atoms with E-state index < -0.39 is 17.1 Å². The van der Waals surface area contributed by atoms with Crippen molar-refractivity contribution in [3.05, 3.63) is 29.6 Å². The van der Waals surface area contributed by atoms with E-state index in [-0.39, 0.29) is 5.69 Å². The Labute approximate surface area is 99.8 Å². The third-order valence-corrected chi connectivity index (χ3v) is 1.88. The zero-order valence-electron chi connectivity index (χ0n) is 9.53. The molecule has 4 nitrogen and oxygen atoms in total. The molecule has 1 atom stereocenters. The summed E-state index contributed by atoms with van der Waals surface area (Å²) in [4.78, 5) is 15.7. The van der Waals surface area contributed by atoms with Crippen molar-refractivity contribution < 1.29 is 9.53 Å². The van der Waals surface area contributed by atoms with Gasteiger partial charge in [0.25, 0.3) is 0 Å². The summed E-state index contributed by atoms with van der Waals surface area (Å²) in [6, 6.07) is 4.90. The van der Waals surface area contributed by atoms with Crippen molar-refractivity contribution in [3.8, 4) is 0 Å². The highest BCUT2D eigenvalue weighted by Gasteiger charge is 2.19. The van der Waals surface area contributed by atoms with Crippen LogP contribution < -0.4 is 5.73 Å². The number of nitrogens with two attached hydrogens (primary N) is 1. The predicted octanol–water partition coefficient (Wildman–Crippen LogP) is 2.23. The topological polar surface area (TPSA) is 65.2 Å². The first-order chi connectivity index (χ1) is 7.29. The second-order valence-corrected chi connectivity index (χ2v) is 4.82. The van der Waals surface area contributed by atoms with Crippen molar-refractivity contribution in [2.24, 2.45) is 5.73 Å². The number of esters is 1. The van der Waals surface area contributed by atoms with Crippen LogP contribution in [0, 0.1) is 0 Å². The standard InChI is InChI=1S/C11H15ClN2O2/c1-11(2,3)16-10(15)8-6-4-5-7(14-8)9(12)13/h4-6,9H,13H2,1-3H3. The maximum atomic E-state index is 11.7. The van der Waals surface area contributed by atoms with Gasteiger partial charge in [-0.05, 0) is 32.9 Å². The molecule has 1 rings (SSSR count). The van der Waals surface area contributed by atoms with Gasteiger partial charge < -0.3 is 10.5 Å². The highest BCUT2D eigenvalue weighted by atomic mass is 35.5. The molecular formula is C11H15ClN2O2. The van der Waals surface area contributed by atoms with Crippen LogP contribution >= 0.6 is 11.6 Å². The van der Waals surface area contributed by atoms with E-state index >= 15 is 0 Å². The van der Waals surface area contributed by atoms with E-state index in [0.29, 0.717) is 5.69 Å². The lowest BCUT2D eigenvalue weighted by atomic mass is 10.2. The van der Waals surface area contributed by atoms with Gasteiger partial charge in [-0.15, -0.1) is 0 Å². The summed E-state index contributed by atoms with van der Waals surface area (Å²) in [7, 11) is 0. The molecule has 0 aromatic carbocycles. The highest BCUT2D eigenvalue weighted by molar-refractivity contribution is 6.20. The number of hydrogen-bond donors (Lipinski definition) is 1. The van der Waals surface area contributed by atoms with Gasteiger partial charge in [0.1, 0.15) is 16.8 Å². The van der Waals surface area contributed by atoms with Crippen LogP contribution in [0.25, 0.3) is 0 Å². The van der Waals surface area contributed by atoms with Gasteiger partial charge in [-0.25, -0.2) is 9.78 Å². The first-order valence-electron chi connectivity index (χ1n) is 4.89. The van der Waals surface area contributed by atoms with Crippen LogP contribution in [0.4, 0.5) is 0 Å². The summed E-state index contributed by atoms with van der Waals surface area (Å²) < 4.78 is 5.17. The molecule has 0 fully saturated rings. The Balaban J connectivity index is 2.88. The molecule has 5 heteroatoms. The summed E-state index contributed by atoms with van der Waals surface area (Å²) in [6.45, 7) is 5.38. The normalized spacial score (nSPS) is 13.3. The number of carbonyl (C=O) groups excluding carboxylic acids is 1. The molecular weight excluding hydrogens is 228 g/mol. The van der Waals surface area contributed by atoms with Gasteiger partial charge in [0.15, 0.2) is 0 Å². The van der Waals surface area contributed by atoms with Crippen LogP contribution in [0.5, 0.6) is 0 Å². The molecule has 0 radical (unpaired) electrons. The van der Waals surface area contributed by atoms with Gasteiger partial charge in [-0.2, -0.15) is 0 Å². The molecule has 2 N–H and O–H groups in total. The van der Waals surface area contributed by atoms with Crippen LogP contribution in [-0.4, -0.2) is 16.6 Å². The summed E-state index contributed by atoms with van der Waals surface area (Å²) in [5.74, 6) is -0.480. The van der Waals surface area contributed by atoms with Gasteiger partial charge >= 0.3 is 5.97 Å². The minimum Gasteiger partial charge on any atom is -0.455 e. The van der Waals surface area contributed by atoms with E-state index in [0.717, 1.165) is 0 Å². The molecule has 0 saturated carbocycles. The molecule has 0 aliphatic rings. The van der Waals surface area contributed by atoms with Gasteiger partial charge in [0.05, 0.1) is 5.69 Å². The number of nitrogens with zero attached hydrogens (tertiary/aromatic N) is 1. The molecule has 88 valence electrons. The summed E-state index contributed by atoms with van der Waals surface area (Å²) in [5, 5.41) is 0. The molecule has 0 saturated heterocycles. The van der Waals surface area contributed by atoms with Gasteiger partial charge in [-0.1, -0.05) is 17.7 Å². The smallest absolute Gasteiger partial charge is 0.357 e. The molecule has 1 aromatic heterocycles. The first kappa shape index (κ1) is 12.9. The Kier molecular flexibility index (Phi) is 3.88. The van der Waals surface area contributed by atoms with Crippen molar-refractivity contribution in [3.63, 3.8) is 0 Å². The zero-order chi connectivity index (χ0) is 12.3. The minimum absolute atomic E-state index is 0.212. The SMILES string of the molecule is CC(C)(C)OC(=O)c1cccc(C(N)Cl)n1. The fourth-order valence-electron chi connectivity index (χ4n) is 1.05. The van der Waals surface area contributed by atoms with Gasteiger partial charge in [0, 0.05) is 0 Å². The highest BCUT2D eigenvalue weighted by Crippen LogP contribution is 2.14. The third kappa shape index (κ3) is 3.79. The quantitative estimate of drug-likeness (QED) is 0.491. The maximum Gasteiger partial charge on any atom is 0.357 e. The average Bonchev–Trinajstić information content (AvgIpc) is 2.15. The summed E-state index contributed by atoms with van der Waals surface area (Å²) in [5.41, 5.74) is 4.86. The van der Waals surface area contributed by atoms with E-state index in [1.165, 1.54) is 0 Å². The van der Waals surface area contributed by atoms with Gasteiger partial charge in [0.2, 0.25) is 0 Å². The Morgan fingerprint density at radius 2 is 2.12 bits per heavy atom. The lowest BCUT2D eigenvalue weighted by Gasteiger charge is -2.19. The van der Waals surface area contributed by atoms with Crippen molar-refractivity contribution in [1.29, 1.82) is 0 Å². The molecule has 1 aromatic rings. The van der Waals surface area contributed by atoms with E-state index in [2.05, 4.69) is 4.98 Å². The first-order valence-corrected chi connectivity index (χ1v) is 5.33. The Bertz CT molecular complexity index is 386. The van der Waals surface area contributed by atoms with Gasteiger partial charge in [-0.3, -0.25) is 0 Å². The zero-order valence-corrected chi connectivity index (χ0v) is 10.3. The number of halogens is 1. The number of pyridine rings is 1. The van der Waals surface area contributed by atoms with E-state index in [4.69, 9.17) is 22.1 Å². The second-order valence-electron chi connectivity index (χ2n) is 4.35. The van der Waals surface area contributed by atoms with Crippen molar-refractivity contribution in [1.82, 2.24) is 4.98 Å².